The number of phenols is 1. The molecule has 32 heavy (non-hydrogen) atoms. The fourth-order valence-electron chi connectivity index (χ4n) is 3.06. The Balaban J connectivity index is 3.33. The predicted octanol–water partition coefficient (Wildman–Crippen LogP) is 3.41. The second-order valence-electron chi connectivity index (χ2n) is 8.93. The Bertz CT molecular complexity index is 779. The van der Waals surface area contributed by atoms with Crippen LogP contribution in [0.5, 0.6) is 5.75 Å². The molecule has 0 heterocycles. The normalized spacial score (nSPS) is 13.2. The van der Waals surface area contributed by atoms with Gasteiger partial charge in [-0.1, -0.05) is 25.5 Å². The smallest absolute Gasteiger partial charge is 0.408 e. The number of thiol groups is 1. The van der Waals surface area contributed by atoms with E-state index in [4.69, 9.17) is 4.74 Å². The maximum atomic E-state index is 13.5. The van der Waals surface area contributed by atoms with Crippen molar-refractivity contribution in [2.45, 2.75) is 78.1 Å². The summed E-state index contributed by atoms with van der Waals surface area (Å²) in [4.78, 5) is 40.4. The number of unbranched alkanes of at least 4 members (excludes halogenated alkanes) is 1. The Labute approximate surface area is 196 Å². The number of benzene rings is 1. The highest BCUT2D eigenvalue weighted by atomic mass is 32.1. The van der Waals surface area contributed by atoms with Crippen LogP contribution in [0, 0.1) is 0 Å². The first-order valence-corrected chi connectivity index (χ1v) is 11.5. The van der Waals surface area contributed by atoms with Gasteiger partial charge in [-0.3, -0.25) is 9.59 Å². The van der Waals surface area contributed by atoms with Crippen LogP contribution < -0.4 is 10.6 Å². The molecule has 0 saturated heterocycles. The highest BCUT2D eigenvalue weighted by Crippen LogP contribution is 2.26. The van der Waals surface area contributed by atoms with E-state index in [-0.39, 0.29) is 23.5 Å². The van der Waals surface area contributed by atoms with Gasteiger partial charge >= 0.3 is 6.09 Å². The highest BCUT2D eigenvalue weighted by Gasteiger charge is 2.35. The number of amides is 3. The molecule has 3 amide bonds. The van der Waals surface area contributed by atoms with Crippen molar-refractivity contribution in [2.24, 2.45) is 0 Å². The molecule has 8 nitrogen and oxygen atoms in total. The van der Waals surface area contributed by atoms with E-state index in [2.05, 4.69) is 23.3 Å². The Morgan fingerprint density at radius 1 is 1.19 bits per heavy atom. The Morgan fingerprint density at radius 2 is 1.84 bits per heavy atom. The molecule has 0 fully saturated rings. The fraction of sp³-hybridized carbons (Fsp3) is 0.609. The van der Waals surface area contributed by atoms with Crippen molar-refractivity contribution < 1.29 is 24.2 Å². The number of rotatable bonds is 10. The molecule has 1 aromatic carbocycles. The summed E-state index contributed by atoms with van der Waals surface area (Å²) in [5, 5.41) is 15.4. The number of nitrogens with zero attached hydrogens (tertiary/aromatic N) is 1. The molecule has 2 atom stereocenters. The number of hydrogen-bond donors (Lipinski definition) is 4. The summed E-state index contributed by atoms with van der Waals surface area (Å²) in [7, 11) is 0. The third-order valence-electron chi connectivity index (χ3n) is 4.38. The van der Waals surface area contributed by atoms with Crippen LogP contribution in [-0.2, 0) is 14.3 Å². The second kappa shape index (κ2) is 12.6. The first-order valence-electron chi connectivity index (χ1n) is 10.9. The summed E-state index contributed by atoms with van der Waals surface area (Å²) in [5.74, 6) is -0.804. The molecule has 9 heteroatoms. The summed E-state index contributed by atoms with van der Waals surface area (Å²) < 4.78 is 5.27. The maximum Gasteiger partial charge on any atom is 0.408 e. The number of alkyl carbamates (subject to hydrolysis) is 1. The fourth-order valence-corrected chi connectivity index (χ4v) is 3.31. The van der Waals surface area contributed by atoms with Gasteiger partial charge in [-0.15, -0.1) is 0 Å². The minimum absolute atomic E-state index is 0.00892. The number of phenolic OH excluding ortho intramolecular Hbond substituents is 1. The molecule has 0 bridgehead atoms. The van der Waals surface area contributed by atoms with Crippen LogP contribution in [0.4, 0.5) is 4.79 Å². The van der Waals surface area contributed by atoms with Gasteiger partial charge in [0.05, 0.1) is 0 Å². The molecular formula is C23H37N3O5S. The molecular weight excluding hydrogens is 430 g/mol. The van der Waals surface area contributed by atoms with E-state index in [1.165, 1.54) is 17.0 Å². The highest BCUT2D eigenvalue weighted by molar-refractivity contribution is 7.80. The van der Waals surface area contributed by atoms with Crippen LogP contribution in [0.3, 0.4) is 0 Å². The van der Waals surface area contributed by atoms with Crippen LogP contribution in [0.15, 0.2) is 24.3 Å². The quantitative estimate of drug-likeness (QED) is 0.395. The molecule has 3 N–H and O–H groups in total. The minimum Gasteiger partial charge on any atom is -0.508 e. The lowest BCUT2D eigenvalue weighted by molar-refractivity contribution is -0.142. The van der Waals surface area contributed by atoms with E-state index >= 15 is 0 Å². The van der Waals surface area contributed by atoms with Crippen molar-refractivity contribution in [1.82, 2.24) is 15.5 Å². The summed E-state index contributed by atoms with van der Waals surface area (Å²) in [6.07, 6.45) is 0.718. The van der Waals surface area contributed by atoms with Gasteiger partial charge in [0.15, 0.2) is 0 Å². The van der Waals surface area contributed by atoms with Crippen molar-refractivity contribution in [3.05, 3.63) is 29.8 Å². The van der Waals surface area contributed by atoms with Crippen LogP contribution in [0.2, 0.25) is 0 Å². The van der Waals surface area contributed by atoms with Crippen molar-refractivity contribution in [3.8, 4) is 5.75 Å². The van der Waals surface area contributed by atoms with Crippen LogP contribution in [-0.4, -0.2) is 57.9 Å². The van der Waals surface area contributed by atoms with E-state index in [0.717, 1.165) is 6.42 Å². The van der Waals surface area contributed by atoms with Crippen LogP contribution in [0.25, 0.3) is 0 Å². The molecule has 1 aromatic rings. The molecule has 0 saturated carbocycles. The summed E-state index contributed by atoms with van der Waals surface area (Å²) >= 11 is 4.25. The maximum absolute atomic E-state index is 13.5. The van der Waals surface area contributed by atoms with Gasteiger partial charge in [0.1, 0.15) is 23.4 Å². The number of carbonyl (C=O) groups is 3. The zero-order valence-electron chi connectivity index (χ0n) is 19.8. The third-order valence-corrected chi connectivity index (χ3v) is 4.75. The van der Waals surface area contributed by atoms with Gasteiger partial charge in [0, 0.05) is 18.3 Å². The third kappa shape index (κ3) is 8.98. The van der Waals surface area contributed by atoms with Gasteiger partial charge < -0.3 is 25.4 Å². The van der Waals surface area contributed by atoms with Crippen molar-refractivity contribution >= 4 is 30.5 Å². The first kappa shape index (κ1) is 27.6. The number of hydrogen-bond acceptors (Lipinski definition) is 6. The van der Waals surface area contributed by atoms with E-state index in [9.17, 15) is 19.5 Å². The van der Waals surface area contributed by atoms with Gasteiger partial charge in [0.25, 0.3) is 0 Å². The first-order chi connectivity index (χ1) is 14.9. The lowest BCUT2D eigenvalue weighted by Gasteiger charge is -2.34. The largest absolute Gasteiger partial charge is 0.508 e. The van der Waals surface area contributed by atoms with Crippen LogP contribution >= 0.6 is 12.6 Å². The molecule has 0 radical (unpaired) electrons. The molecule has 2 unspecified atom stereocenters. The van der Waals surface area contributed by atoms with E-state index < -0.39 is 29.7 Å². The number of ether oxygens (including phenoxy) is 1. The van der Waals surface area contributed by atoms with E-state index in [0.29, 0.717) is 18.5 Å². The molecule has 180 valence electrons. The average Bonchev–Trinajstić information content (AvgIpc) is 2.66. The lowest BCUT2D eigenvalue weighted by Crippen LogP contribution is -2.54. The number of aromatic hydroxyl groups is 1. The zero-order chi connectivity index (χ0) is 24.5. The Kier molecular flexibility index (Phi) is 10.9. The summed E-state index contributed by atoms with van der Waals surface area (Å²) in [5.41, 5.74) is -0.250. The zero-order valence-corrected chi connectivity index (χ0v) is 20.7. The van der Waals surface area contributed by atoms with E-state index in [1.54, 1.807) is 32.9 Å². The summed E-state index contributed by atoms with van der Waals surface area (Å²) in [6.45, 7) is 11.1. The van der Waals surface area contributed by atoms with Crippen molar-refractivity contribution in [1.29, 1.82) is 0 Å². The van der Waals surface area contributed by atoms with Crippen molar-refractivity contribution in [3.63, 3.8) is 0 Å². The lowest BCUT2D eigenvalue weighted by atomic mass is 10.0. The number of nitrogens with one attached hydrogen (secondary N) is 2. The second-order valence-corrected chi connectivity index (χ2v) is 9.29. The average molecular weight is 468 g/mol. The summed E-state index contributed by atoms with van der Waals surface area (Å²) in [6, 6.07) is 4.16. The molecule has 0 aliphatic carbocycles. The molecule has 1 rings (SSSR count). The van der Waals surface area contributed by atoms with Gasteiger partial charge in [-0.05, 0) is 58.7 Å². The van der Waals surface area contributed by atoms with Gasteiger partial charge in [0.2, 0.25) is 11.8 Å². The van der Waals surface area contributed by atoms with E-state index in [1.807, 2.05) is 20.8 Å². The van der Waals surface area contributed by atoms with Crippen LogP contribution in [0.1, 0.15) is 66.0 Å². The molecule has 0 aliphatic rings. The monoisotopic (exact) mass is 467 g/mol. The topological polar surface area (TPSA) is 108 Å². The molecule has 0 aliphatic heterocycles. The molecule has 0 aromatic heterocycles. The van der Waals surface area contributed by atoms with Gasteiger partial charge in [-0.25, -0.2) is 4.79 Å². The number of carbonyl (C=O) groups excluding carboxylic acids is 3. The molecule has 0 spiro atoms. The van der Waals surface area contributed by atoms with Gasteiger partial charge in [-0.2, -0.15) is 12.6 Å². The minimum atomic E-state index is -0.989. The Morgan fingerprint density at radius 3 is 2.34 bits per heavy atom. The Hall–Kier alpha value is -2.42. The SMILES string of the molecule is CCCCN(C(=O)C(CS)NC(=O)OC(C)(C)C)C(C(=O)NC(C)C)c1cccc(O)c1. The van der Waals surface area contributed by atoms with Crippen molar-refractivity contribution in [2.75, 3.05) is 12.3 Å². The standard InChI is InChI=1S/C23H37N3O5S/c1-7-8-12-26(21(29)18(14-32)25-22(30)31-23(4,5)6)19(20(28)24-15(2)3)16-10-9-11-17(27)13-16/h9-11,13,15,18-19,27,32H,7-8,12,14H2,1-6H3,(H,24,28)(H,25,30). The predicted molar refractivity (Wildman–Crippen MR) is 128 cm³/mol.